The van der Waals surface area contributed by atoms with Gasteiger partial charge in [0.1, 0.15) is 5.01 Å². The standard InChI is InChI=1S/C12H20N4OS/c1-3-10-14-15-12(18-10)13-11(17)9(2)16-7-5-4-6-8-16/h9H,3-8H2,1-2H3,(H,13,15,17). The molecule has 1 aliphatic heterocycles. The number of hydrogen-bond acceptors (Lipinski definition) is 5. The van der Waals surface area contributed by atoms with Crippen LogP contribution in [0.25, 0.3) is 0 Å². The Balaban J connectivity index is 1.90. The molecule has 18 heavy (non-hydrogen) atoms. The molecule has 100 valence electrons. The molecule has 1 aliphatic rings. The van der Waals surface area contributed by atoms with Crippen LogP contribution in [-0.2, 0) is 11.2 Å². The molecule has 0 spiro atoms. The van der Waals surface area contributed by atoms with Gasteiger partial charge in [0, 0.05) is 0 Å². The van der Waals surface area contributed by atoms with Crippen LogP contribution in [0.15, 0.2) is 0 Å². The van der Waals surface area contributed by atoms with E-state index in [1.807, 2.05) is 13.8 Å². The van der Waals surface area contributed by atoms with Gasteiger partial charge < -0.3 is 0 Å². The second-order valence-electron chi connectivity index (χ2n) is 4.62. The summed E-state index contributed by atoms with van der Waals surface area (Å²) in [5.41, 5.74) is 0. The van der Waals surface area contributed by atoms with Crippen molar-refractivity contribution in [2.45, 2.75) is 45.6 Å². The van der Waals surface area contributed by atoms with Crippen molar-refractivity contribution in [3.63, 3.8) is 0 Å². The summed E-state index contributed by atoms with van der Waals surface area (Å²) in [6.07, 6.45) is 4.52. The van der Waals surface area contributed by atoms with Crippen molar-refractivity contribution >= 4 is 22.4 Å². The number of anilines is 1. The second-order valence-corrected chi connectivity index (χ2v) is 5.68. The predicted octanol–water partition coefficient (Wildman–Crippen LogP) is 1.91. The van der Waals surface area contributed by atoms with Crippen molar-refractivity contribution in [3.05, 3.63) is 5.01 Å². The molecule has 1 aromatic rings. The van der Waals surface area contributed by atoms with Gasteiger partial charge in [-0.1, -0.05) is 24.7 Å². The average Bonchev–Trinajstić information content (AvgIpc) is 2.86. The van der Waals surface area contributed by atoms with E-state index in [2.05, 4.69) is 20.4 Å². The van der Waals surface area contributed by atoms with Crippen LogP contribution in [0.3, 0.4) is 0 Å². The van der Waals surface area contributed by atoms with E-state index in [9.17, 15) is 4.79 Å². The summed E-state index contributed by atoms with van der Waals surface area (Å²) < 4.78 is 0. The van der Waals surface area contributed by atoms with Crippen LogP contribution < -0.4 is 5.32 Å². The van der Waals surface area contributed by atoms with E-state index < -0.39 is 0 Å². The molecule has 0 aromatic carbocycles. The zero-order valence-corrected chi connectivity index (χ0v) is 11.8. The summed E-state index contributed by atoms with van der Waals surface area (Å²) in [6.45, 7) is 6.03. The Hall–Kier alpha value is -1.01. The molecule has 1 unspecified atom stereocenters. The minimum Gasteiger partial charge on any atom is -0.299 e. The first-order valence-corrected chi connectivity index (χ1v) is 7.39. The van der Waals surface area contributed by atoms with Crippen molar-refractivity contribution in [3.8, 4) is 0 Å². The molecule has 1 saturated heterocycles. The highest BCUT2D eigenvalue weighted by molar-refractivity contribution is 7.15. The summed E-state index contributed by atoms with van der Waals surface area (Å²) in [5.74, 6) is 0.0238. The highest BCUT2D eigenvalue weighted by Crippen LogP contribution is 2.17. The van der Waals surface area contributed by atoms with Crippen LogP contribution in [-0.4, -0.2) is 40.1 Å². The number of nitrogens with one attached hydrogen (secondary N) is 1. The number of rotatable bonds is 4. The van der Waals surface area contributed by atoms with E-state index in [-0.39, 0.29) is 11.9 Å². The monoisotopic (exact) mass is 268 g/mol. The summed E-state index contributed by atoms with van der Waals surface area (Å²) in [6, 6.07) is -0.0840. The molecular formula is C12H20N4OS. The molecule has 1 atom stereocenters. The smallest absolute Gasteiger partial charge is 0.243 e. The summed E-state index contributed by atoms with van der Waals surface area (Å²) in [5, 5.41) is 12.4. The van der Waals surface area contributed by atoms with Gasteiger partial charge in [-0.15, -0.1) is 10.2 Å². The van der Waals surface area contributed by atoms with Gasteiger partial charge in [-0.3, -0.25) is 15.0 Å². The quantitative estimate of drug-likeness (QED) is 0.906. The number of carbonyl (C=O) groups excluding carboxylic acids is 1. The Morgan fingerprint density at radius 3 is 2.72 bits per heavy atom. The van der Waals surface area contributed by atoms with Crippen LogP contribution >= 0.6 is 11.3 Å². The van der Waals surface area contributed by atoms with E-state index in [0.29, 0.717) is 5.13 Å². The minimum atomic E-state index is -0.0840. The van der Waals surface area contributed by atoms with Gasteiger partial charge in [0.15, 0.2) is 0 Å². The maximum absolute atomic E-state index is 12.1. The van der Waals surface area contributed by atoms with Crippen LogP contribution in [0.5, 0.6) is 0 Å². The number of amides is 1. The Kier molecular flexibility index (Phi) is 4.66. The molecule has 2 heterocycles. The Morgan fingerprint density at radius 2 is 2.11 bits per heavy atom. The average molecular weight is 268 g/mol. The Labute approximate surface area is 112 Å². The van der Waals surface area contributed by atoms with E-state index >= 15 is 0 Å². The number of aryl methyl sites for hydroxylation is 1. The van der Waals surface area contributed by atoms with Gasteiger partial charge in [0.2, 0.25) is 11.0 Å². The van der Waals surface area contributed by atoms with Crippen LogP contribution in [0.2, 0.25) is 0 Å². The van der Waals surface area contributed by atoms with Gasteiger partial charge >= 0.3 is 0 Å². The van der Waals surface area contributed by atoms with E-state index in [1.54, 1.807) is 0 Å². The fourth-order valence-electron chi connectivity index (χ4n) is 2.13. The third kappa shape index (κ3) is 3.26. The van der Waals surface area contributed by atoms with Crippen LogP contribution in [0.1, 0.15) is 38.1 Å². The van der Waals surface area contributed by atoms with Crippen molar-refractivity contribution in [2.75, 3.05) is 18.4 Å². The number of carbonyl (C=O) groups is 1. The van der Waals surface area contributed by atoms with Gasteiger partial charge in [0.25, 0.3) is 0 Å². The first kappa shape index (κ1) is 13.4. The molecule has 1 N–H and O–H groups in total. The molecule has 1 amide bonds. The highest BCUT2D eigenvalue weighted by atomic mass is 32.1. The highest BCUT2D eigenvalue weighted by Gasteiger charge is 2.23. The first-order chi connectivity index (χ1) is 8.70. The fourth-order valence-corrected chi connectivity index (χ4v) is 2.81. The molecule has 0 saturated carbocycles. The van der Waals surface area contributed by atoms with Crippen molar-refractivity contribution in [1.82, 2.24) is 15.1 Å². The van der Waals surface area contributed by atoms with E-state index in [0.717, 1.165) is 24.5 Å². The van der Waals surface area contributed by atoms with Crippen LogP contribution in [0, 0.1) is 0 Å². The normalized spacial score (nSPS) is 18.6. The minimum absolute atomic E-state index is 0.0238. The summed E-state index contributed by atoms with van der Waals surface area (Å²) in [7, 11) is 0. The molecule has 1 fully saturated rings. The molecule has 1 aromatic heterocycles. The van der Waals surface area contributed by atoms with Gasteiger partial charge in [0.05, 0.1) is 6.04 Å². The lowest BCUT2D eigenvalue weighted by molar-refractivity contribution is -0.121. The number of aromatic nitrogens is 2. The van der Waals surface area contributed by atoms with Gasteiger partial charge in [-0.05, 0) is 39.3 Å². The van der Waals surface area contributed by atoms with Gasteiger partial charge in [-0.2, -0.15) is 0 Å². The molecular weight excluding hydrogens is 248 g/mol. The Morgan fingerprint density at radius 1 is 1.39 bits per heavy atom. The summed E-state index contributed by atoms with van der Waals surface area (Å²) >= 11 is 1.45. The maximum atomic E-state index is 12.1. The largest absolute Gasteiger partial charge is 0.299 e. The summed E-state index contributed by atoms with van der Waals surface area (Å²) in [4.78, 5) is 14.3. The number of nitrogens with zero attached hydrogens (tertiary/aromatic N) is 3. The molecule has 5 nitrogen and oxygen atoms in total. The number of piperidine rings is 1. The number of hydrogen-bond donors (Lipinski definition) is 1. The Bertz CT molecular complexity index is 401. The molecule has 0 bridgehead atoms. The second kappa shape index (κ2) is 6.24. The lowest BCUT2D eigenvalue weighted by Crippen LogP contribution is -2.44. The molecule has 2 rings (SSSR count). The van der Waals surface area contributed by atoms with E-state index in [1.165, 1.54) is 30.6 Å². The SMILES string of the molecule is CCc1nnc(NC(=O)C(C)N2CCCCC2)s1. The lowest BCUT2D eigenvalue weighted by atomic mass is 10.1. The van der Waals surface area contributed by atoms with Crippen LogP contribution in [0.4, 0.5) is 5.13 Å². The van der Waals surface area contributed by atoms with E-state index in [4.69, 9.17) is 0 Å². The zero-order chi connectivity index (χ0) is 13.0. The third-order valence-electron chi connectivity index (χ3n) is 3.32. The molecule has 0 aliphatic carbocycles. The maximum Gasteiger partial charge on any atom is 0.243 e. The van der Waals surface area contributed by atoms with Gasteiger partial charge in [-0.25, -0.2) is 0 Å². The molecule has 6 heteroatoms. The zero-order valence-electron chi connectivity index (χ0n) is 11.0. The number of likely N-dealkylation sites (tertiary alicyclic amines) is 1. The third-order valence-corrected chi connectivity index (χ3v) is 4.30. The van der Waals surface area contributed by atoms with Crippen molar-refractivity contribution in [2.24, 2.45) is 0 Å². The van der Waals surface area contributed by atoms with Crippen molar-refractivity contribution < 1.29 is 4.79 Å². The fraction of sp³-hybridized carbons (Fsp3) is 0.750. The first-order valence-electron chi connectivity index (χ1n) is 6.58. The lowest BCUT2D eigenvalue weighted by Gasteiger charge is -2.31. The predicted molar refractivity (Wildman–Crippen MR) is 72.8 cm³/mol. The topological polar surface area (TPSA) is 58.1 Å². The molecule has 0 radical (unpaired) electrons. The van der Waals surface area contributed by atoms with Crippen molar-refractivity contribution in [1.29, 1.82) is 0 Å².